The Kier molecular flexibility index (Phi) is 4.93. The summed E-state index contributed by atoms with van der Waals surface area (Å²) >= 11 is 0. The van der Waals surface area contributed by atoms with Crippen LogP contribution in [0, 0.1) is 13.8 Å². The fourth-order valence-corrected chi connectivity index (χ4v) is 1.93. The lowest BCUT2D eigenvalue weighted by molar-refractivity contribution is -0.127. The molecule has 0 fully saturated rings. The number of hydrogen-bond acceptors (Lipinski definition) is 3. The minimum atomic E-state index is -0.540. The minimum Gasteiger partial charge on any atom is -0.481 e. The van der Waals surface area contributed by atoms with Gasteiger partial charge in [0.1, 0.15) is 5.75 Å². The maximum absolute atomic E-state index is 12.1. The second-order valence-electron chi connectivity index (χ2n) is 5.04. The first-order valence-corrected chi connectivity index (χ1v) is 6.97. The molecule has 0 spiro atoms. The zero-order chi connectivity index (χ0) is 15.2. The number of amides is 1. The van der Waals surface area contributed by atoms with Gasteiger partial charge in [0.05, 0.1) is 0 Å². The fourth-order valence-electron chi connectivity index (χ4n) is 1.93. The molecule has 1 aromatic heterocycles. The zero-order valence-corrected chi connectivity index (χ0v) is 12.6. The molecule has 1 N–H and O–H groups in total. The van der Waals surface area contributed by atoms with Crippen LogP contribution >= 0.6 is 0 Å². The molecule has 1 heterocycles. The van der Waals surface area contributed by atoms with Gasteiger partial charge < -0.3 is 10.1 Å². The van der Waals surface area contributed by atoms with Crippen LogP contribution in [0.5, 0.6) is 5.75 Å². The summed E-state index contributed by atoms with van der Waals surface area (Å²) in [6.07, 6.45) is 2.90. The summed E-state index contributed by atoms with van der Waals surface area (Å²) in [6, 6.07) is 9.60. The van der Waals surface area contributed by atoms with Crippen molar-refractivity contribution in [1.29, 1.82) is 0 Å². The van der Waals surface area contributed by atoms with Crippen LogP contribution in [0.4, 0.5) is 0 Å². The Labute approximate surface area is 125 Å². The van der Waals surface area contributed by atoms with E-state index in [2.05, 4.69) is 10.3 Å². The molecule has 0 aliphatic rings. The summed E-state index contributed by atoms with van der Waals surface area (Å²) in [5.74, 6) is 0.610. The summed E-state index contributed by atoms with van der Waals surface area (Å²) < 4.78 is 5.75. The van der Waals surface area contributed by atoms with Crippen LogP contribution < -0.4 is 10.1 Å². The van der Waals surface area contributed by atoms with Crippen molar-refractivity contribution in [3.05, 3.63) is 59.4 Å². The van der Waals surface area contributed by atoms with E-state index < -0.39 is 6.10 Å². The third-order valence-corrected chi connectivity index (χ3v) is 3.42. The highest BCUT2D eigenvalue weighted by Gasteiger charge is 2.15. The van der Waals surface area contributed by atoms with Gasteiger partial charge in [0.15, 0.2) is 6.10 Å². The van der Waals surface area contributed by atoms with Gasteiger partial charge in [0, 0.05) is 18.9 Å². The van der Waals surface area contributed by atoms with E-state index in [1.54, 1.807) is 19.3 Å². The van der Waals surface area contributed by atoms with Crippen molar-refractivity contribution < 1.29 is 9.53 Å². The molecule has 0 saturated heterocycles. The van der Waals surface area contributed by atoms with Gasteiger partial charge in [0.2, 0.25) is 0 Å². The number of rotatable bonds is 5. The molecule has 2 rings (SSSR count). The Morgan fingerprint density at radius 1 is 1.29 bits per heavy atom. The zero-order valence-electron chi connectivity index (χ0n) is 12.6. The van der Waals surface area contributed by atoms with Crippen LogP contribution in [0.1, 0.15) is 23.6 Å². The van der Waals surface area contributed by atoms with Crippen molar-refractivity contribution in [3.63, 3.8) is 0 Å². The van der Waals surface area contributed by atoms with Crippen molar-refractivity contribution in [3.8, 4) is 5.75 Å². The topological polar surface area (TPSA) is 51.2 Å². The van der Waals surface area contributed by atoms with Gasteiger partial charge in [-0.1, -0.05) is 18.2 Å². The molecule has 0 unspecified atom stereocenters. The normalized spacial score (nSPS) is 11.8. The van der Waals surface area contributed by atoms with Crippen LogP contribution in [0.2, 0.25) is 0 Å². The number of aromatic nitrogens is 1. The molecule has 0 radical (unpaired) electrons. The van der Waals surface area contributed by atoms with Crippen LogP contribution in [0.3, 0.4) is 0 Å². The number of hydrogen-bond donors (Lipinski definition) is 1. The molecule has 0 bridgehead atoms. The first-order chi connectivity index (χ1) is 10.1. The molecule has 4 heteroatoms. The van der Waals surface area contributed by atoms with Gasteiger partial charge in [-0.15, -0.1) is 0 Å². The third-order valence-electron chi connectivity index (χ3n) is 3.42. The van der Waals surface area contributed by atoms with Crippen molar-refractivity contribution in [1.82, 2.24) is 10.3 Å². The molecule has 110 valence electrons. The molecule has 0 saturated carbocycles. The number of carbonyl (C=O) groups excluding carboxylic acids is 1. The van der Waals surface area contributed by atoms with E-state index in [0.717, 1.165) is 22.4 Å². The lowest BCUT2D eigenvalue weighted by Gasteiger charge is -2.17. The van der Waals surface area contributed by atoms with Gasteiger partial charge in [-0.3, -0.25) is 9.78 Å². The quantitative estimate of drug-likeness (QED) is 0.918. The molecule has 1 atom stereocenters. The highest BCUT2D eigenvalue weighted by atomic mass is 16.5. The second-order valence-corrected chi connectivity index (χ2v) is 5.04. The highest BCUT2D eigenvalue weighted by Crippen LogP contribution is 2.21. The molecule has 0 aliphatic heterocycles. The van der Waals surface area contributed by atoms with E-state index in [4.69, 9.17) is 4.74 Å². The summed E-state index contributed by atoms with van der Waals surface area (Å²) in [4.78, 5) is 16.1. The van der Waals surface area contributed by atoms with Gasteiger partial charge in [0.25, 0.3) is 5.91 Å². The first kappa shape index (κ1) is 15.0. The summed E-state index contributed by atoms with van der Waals surface area (Å²) in [5, 5.41) is 2.85. The van der Waals surface area contributed by atoms with Gasteiger partial charge in [-0.05, 0) is 49.6 Å². The van der Waals surface area contributed by atoms with Crippen LogP contribution in [0.15, 0.2) is 42.7 Å². The second kappa shape index (κ2) is 6.88. The van der Waals surface area contributed by atoms with Crippen molar-refractivity contribution >= 4 is 5.91 Å². The van der Waals surface area contributed by atoms with Gasteiger partial charge in [-0.25, -0.2) is 0 Å². The Balaban J connectivity index is 1.92. The Morgan fingerprint density at radius 2 is 2.10 bits per heavy atom. The number of pyridine rings is 1. The van der Waals surface area contributed by atoms with E-state index in [0.29, 0.717) is 6.54 Å². The Hall–Kier alpha value is -2.36. The maximum Gasteiger partial charge on any atom is 0.261 e. The van der Waals surface area contributed by atoms with Crippen molar-refractivity contribution in [2.75, 3.05) is 0 Å². The monoisotopic (exact) mass is 284 g/mol. The van der Waals surface area contributed by atoms with Crippen LogP contribution in [-0.4, -0.2) is 17.0 Å². The van der Waals surface area contributed by atoms with E-state index in [1.807, 2.05) is 44.2 Å². The predicted molar refractivity (Wildman–Crippen MR) is 82.1 cm³/mol. The molecule has 1 aromatic carbocycles. The lowest BCUT2D eigenvalue weighted by Crippen LogP contribution is -2.36. The van der Waals surface area contributed by atoms with Crippen molar-refractivity contribution in [2.24, 2.45) is 0 Å². The number of benzene rings is 1. The molecular weight excluding hydrogens is 264 g/mol. The lowest BCUT2D eigenvalue weighted by atomic mass is 10.1. The van der Waals surface area contributed by atoms with Gasteiger partial charge >= 0.3 is 0 Å². The first-order valence-electron chi connectivity index (χ1n) is 6.97. The number of nitrogens with zero attached hydrogens (tertiary/aromatic N) is 1. The molecule has 21 heavy (non-hydrogen) atoms. The average Bonchev–Trinajstić information content (AvgIpc) is 2.50. The maximum atomic E-state index is 12.1. The van der Waals surface area contributed by atoms with E-state index in [9.17, 15) is 4.79 Å². The number of ether oxygens (including phenoxy) is 1. The number of nitrogens with one attached hydrogen (secondary N) is 1. The molecule has 1 amide bonds. The number of aryl methyl sites for hydroxylation is 1. The van der Waals surface area contributed by atoms with Crippen molar-refractivity contribution in [2.45, 2.75) is 33.4 Å². The molecule has 4 nitrogen and oxygen atoms in total. The molecule has 0 aliphatic carbocycles. The Morgan fingerprint density at radius 3 is 2.81 bits per heavy atom. The van der Waals surface area contributed by atoms with Gasteiger partial charge in [-0.2, -0.15) is 0 Å². The Bertz CT molecular complexity index is 611. The van der Waals surface area contributed by atoms with Crippen LogP contribution in [-0.2, 0) is 11.3 Å². The van der Waals surface area contributed by atoms with Crippen LogP contribution in [0.25, 0.3) is 0 Å². The smallest absolute Gasteiger partial charge is 0.261 e. The summed E-state index contributed by atoms with van der Waals surface area (Å²) in [6.45, 7) is 6.22. The SMILES string of the molecule is Cc1cccc(O[C@@H](C)C(=O)NCc2cccnc2)c1C. The molecule has 2 aromatic rings. The highest BCUT2D eigenvalue weighted by molar-refractivity contribution is 5.80. The average molecular weight is 284 g/mol. The summed E-state index contributed by atoms with van der Waals surface area (Å²) in [7, 11) is 0. The standard InChI is InChI=1S/C17H20N2O2/c1-12-6-4-8-16(13(12)2)21-14(3)17(20)19-11-15-7-5-9-18-10-15/h4-10,14H,11H2,1-3H3,(H,19,20)/t14-/m0/s1. The third kappa shape index (κ3) is 4.05. The fraction of sp³-hybridized carbons (Fsp3) is 0.294. The summed E-state index contributed by atoms with van der Waals surface area (Å²) in [5.41, 5.74) is 3.17. The molecular formula is C17H20N2O2. The largest absolute Gasteiger partial charge is 0.481 e. The van der Waals surface area contributed by atoms with E-state index in [-0.39, 0.29) is 5.91 Å². The predicted octanol–water partition coefficient (Wildman–Crippen LogP) is 2.78. The van der Waals surface area contributed by atoms with E-state index >= 15 is 0 Å². The number of carbonyl (C=O) groups is 1. The van der Waals surface area contributed by atoms with E-state index in [1.165, 1.54) is 0 Å². The minimum absolute atomic E-state index is 0.139.